The zero-order valence-corrected chi connectivity index (χ0v) is 16.6. The Bertz CT molecular complexity index is 1300. The first kappa shape index (κ1) is 22.0. The molecule has 1 aliphatic rings. The van der Waals surface area contributed by atoms with Crippen molar-refractivity contribution in [3.05, 3.63) is 99.3 Å². The Hall–Kier alpha value is -4.21. The van der Waals surface area contributed by atoms with Gasteiger partial charge in [-0.1, -0.05) is 6.07 Å². The van der Waals surface area contributed by atoms with Gasteiger partial charge in [0, 0.05) is 29.2 Å². The maximum absolute atomic E-state index is 14.3. The van der Waals surface area contributed by atoms with Crippen LogP contribution in [0.5, 0.6) is 11.5 Å². The highest BCUT2D eigenvalue weighted by molar-refractivity contribution is 6.00. The predicted octanol–water partition coefficient (Wildman–Crippen LogP) is 5.57. The molecular weight excluding hydrogens is 444 g/mol. The summed E-state index contributed by atoms with van der Waals surface area (Å²) in [6, 6.07) is 10.7. The Kier molecular flexibility index (Phi) is 5.36. The lowest BCUT2D eigenvalue weighted by atomic mass is 9.87. The van der Waals surface area contributed by atoms with Crippen molar-refractivity contribution in [2.45, 2.75) is 12.7 Å². The van der Waals surface area contributed by atoms with E-state index in [-0.39, 0.29) is 45.9 Å². The number of carbonyl (C=O) groups is 1. The number of hydrogen-bond donors (Lipinski definition) is 2. The molecule has 0 radical (unpaired) electrons. The highest BCUT2D eigenvalue weighted by Gasteiger charge is 2.34. The third kappa shape index (κ3) is 4.14. The summed E-state index contributed by atoms with van der Waals surface area (Å²) in [6.45, 7) is 0.0313. The number of alkyl halides is 3. The van der Waals surface area contributed by atoms with Gasteiger partial charge in [-0.05, 0) is 65.2 Å². The Morgan fingerprint density at radius 2 is 1.67 bits per heavy atom. The molecule has 0 atom stereocenters. The van der Waals surface area contributed by atoms with E-state index in [1.165, 1.54) is 24.4 Å². The van der Waals surface area contributed by atoms with E-state index >= 15 is 0 Å². The summed E-state index contributed by atoms with van der Waals surface area (Å²) >= 11 is 0. The van der Waals surface area contributed by atoms with Crippen molar-refractivity contribution < 1.29 is 32.6 Å². The number of nitroso groups, excluding NO2 is 1. The van der Waals surface area contributed by atoms with Crippen LogP contribution in [0.15, 0.2) is 66.0 Å². The molecule has 3 aromatic carbocycles. The van der Waals surface area contributed by atoms with Gasteiger partial charge in [0.15, 0.2) is 0 Å². The molecule has 3 aromatic rings. The smallest absolute Gasteiger partial charge is 0.419 e. The third-order valence-corrected chi connectivity index (χ3v) is 5.22. The molecule has 0 aromatic heterocycles. The fraction of sp³-hybridized carbons (Fsp3) is 0.0870. The number of nitrogens with zero attached hydrogens (tertiary/aromatic N) is 2. The summed E-state index contributed by atoms with van der Waals surface area (Å²) in [6.07, 6.45) is -3.37. The third-order valence-electron chi connectivity index (χ3n) is 5.22. The van der Waals surface area contributed by atoms with E-state index in [1.54, 1.807) is 17.0 Å². The second-order valence-electron chi connectivity index (χ2n) is 7.30. The van der Waals surface area contributed by atoms with E-state index < -0.39 is 23.5 Å². The number of carbonyl (C=O) groups excluding carboxylic acids is 1. The monoisotopic (exact) mass is 458 g/mol. The van der Waals surface area contributed by atoms with Crippen molar-refractivity contribution in [2.75, 3.05) is 4.90 Å². The number of halogens is 4. The van der Waals surface area contributed by atoms with Crippen LogP contribution in [0.3, 0.4) is 0 Å². The Morgan fingerprint density at radius 3 is 2.27 bits per heavy atom. The van der Waals surface area contributed by atoms with Crippen LogP contribution in [0.4, 0.5) is 23.2 Å². The van der Waals surface area contributed by atoms with Gasteiger partial charge in [-0.25, -0.2) is 4.39 Å². The van der Waals surface area contributed by atoms with Gasteiger partial charge in [-0.2, -0.15) is 13.2 Å². The second-order valence-corrected chi connectivity index (χ2v) is 7.30. The number of anilines is 1. The van der Waals surface area contributed by atoms with Crippen molar-refractivity contribution in [2.24, 2.45) is 5.18 Å². The molecule has 0 aliphatic carbocycles. The molecule has 0 bridgehead atoms. The van der Waals surface area contributed by atoms with E-state index in [4.69, 9.17) is 0 Å². The largest absolute Gasteiger partial charge is 0.508 e. The van der Waals surface area contributed by atoms with Crippen LogP contribution in [-0.4, -0.2) is 16.1 Å². The lowest BCUT2D eigenvalue weighted by Gasteiger charge is -2.30. The van der Waals surface area contributed by atoms with Crippen LogP contribution in [0, 0.1) is 10.7 Å². The van der Waals surface area contributed by atoms with Crippen LogP contribution in [0.1, 0.15) is 32.6 Å². The van der Waals surface area contributed by atoms with Crippen LogP contribution >= 0.6 is 0 Å². The molecule has 168 valence electrons. The van der Waals surface area contributed by atoms with Crippen LogP contribution in [0.2, 0.25) is 0 Å². The van der Waals surface area contributed by atoms with Crippen molar-refractivity contribution in [1.29, 1.82) is 0 Å². The molecule has 1 amide bonds. The van der Waals surface area contributed by atoms with Crippen molar-refractivity contribution in [1.82, 2.24) is 0 Å². The normalized spacial score (nSPS) is 13.3. The van der Waals surface area contributed by atoms with Crippen LogP contribution in [0.25, 0.3) is 5.57 Å². The maximum Gasteiger partial charge on any atom is 0.419 e. The summed E-state index contributed by atoms with van der Waals surface area (Å²) in [5.74, 6) is -3.02. The summed E-state index contributed by atoms with van der Waals surface area (Å²) in [5.41, 5.74) is -0.341. The molecule has 2 N–H and O–H groups in total. The lowest BCUT2D eigenvalue weighted by molar-refractivity contribution is -0.140. The molecule has 0 unspecified atom stereocenters. The number of rotatable bonds is 3. The minimum atomic E-state index is -4.88. The number of benzene rings is 3. The lowest BCUT2D eigenvalue weighted by Crippen LogP contribution is -2.23. The van der Waals surface area contributed by atoms with Gasteiger partial charge in [-0.3, -0.25) is 4.79 Å². The molecule has 0 spiro atoms. The van der Waals surface area contributed by atoms with E-state index in [2.05, 4.69) is 5.18 Å². The second kappa shape index (κ2) is 8.05. The number of phenols is 2. The molecule has 0 saturated carbocycles. The highest BCUT2D eigenvalue weighted by Crippen LogP contribution is 2.40. The van der Waals surface area contributed by atoms with Gasteiger partial charge in [-0.15, -0.1) is 4.91 Å². The Labute approximate surface area is 184 Å². The van der Waals surface area contributed by atoms with Crippen molar-refractivity contribution in [3.63, 3.8) is 0 Å². The molecule has 1 aliphatic heterocycles. The van der Waals surface area contributed by atoms with Crippen molar-refractivity contribution in [3.8, 4) is 11.5 Å². The van der Waals surface area contributed by atoms with E-state index in [0.717, 1.165) is 12.1 Å². The molecule has 6 nitrogen and oxygen atoms in total. The molecule has 1 heterocycles. The van der Waals surface area contributed by atoms with Gasteiger partial charge in [0.05, 0.1) is 11.1 Å². The first-order chi connectivity index (χ1) is 15.6. The van der Waals surface area contributed by atoms with Gasteiger partial charge >= 0.3 is 12.1 Å². The predicted molar refractivity (Wildman–Crippen MR) is 111 cm³/mol. The van der Waals surface area contributed by atoms with E-state index in [9.17, 15) is 37.5 Å². The van der Waals surface area contributed by atoms with Gasteiger partial charge in [0.2, 0.25) is 0 Å². The number of hydrogen-bond acceptors (Lipinski definition) is 5. The first-order valence-corrected chi connectivity index (χ1v) is 9.47. The van der Waals surface area contributed by atoms with Crippen LogP contribution in [-0.2, 0) is 12.7 Å². The van der Waals surface area contributed by atoms with E-state index in [1.807, 2.05) is 0 Å². The minimum Gasteiger partial charge on any atom is -0.508 e. The molecule has 10 heteroatoms. The van der Waals surface area contributed by atoms with Crippen LogP contribution < -0.4 is 4.90 Å². The Morgan fingerprint density at radius 1 is 0.970 bits per heavy atom. The molecular formula is C23H14F4N2O4. The fourth-order valence-corrected chi connectivity index (χ4v) is 3.70. The SMILES string of the molecule is O=NC(=O)c1cc(O)cc2c1CN(c1ccc(O)cc1)C=C2c1ccc(C(F)(F)F)c(F)c1. The topological polar surface area (TPSA) is 90.2 Å². The maximum atomic E-state index is 14.3. The van der Waals surface area contributed by atoms with E-state index in [0.29, 0.717) is 17.8 Å². The van der Waals surface area contributed by atoms with Gasteiger partial charge < -0.3 is 15.1 Å². The molecule has 0 fully saturated rings. The average molecular weight is 458 g/mol. The van der Waals surface area contributed by atoms with Crippen molar-refractivity contribution >= 4 is 17.2 Å². The Balaban J connectivity index is 1.94. The number of phenolic OH excluding ortho intramolecular Hbond substituents is 2. The quantitative estimate of drug-likeness (QED) is 0.396. The zero-order chi connectivity index (χ0) is 23.9. The van der Waals surface area contributed by atoms with Gasteiger partial charge in [0.1, 0.15) is 17.3 Å². The first-order valence-electron chi connectivity index (χ1n) is 9.47. The number of aromatic hydroxyl groups is 2. The summed E-state index contributed by atoms with van der Waals surface area (Å²) in [4.78, 5) is 24.7. The summed E-state index contributed by atoms with van der Waals surface area (Å²) in [5, 5.41) is 22.1. The average Bonchev–Trinajstić information content (AvgIpc) is 2.77. The number of fused-ring (bicyclic) bond motifs is 1. The highest BCUT2D eigenvalue weighted by atomic mass is 19.4. The summed E-state index contributed by atoms with van der Waals surface area (Å²) < 4.78 is 53.4. The molecule has 0 saturated heterocycles. The fourth-order valence-electron chi connectivity index (χ4n) is 3.70. The molecule has 33 heavy (non-hydrogen) atoms. The van der Waals surface area contributed by atoms with Gasteiger partial charge in [0.25, 0.3) is 0 Å². The number of amides is 1. The standard InChI is InChI=1S/C23H14F4N2O4/c24-21-7-12(1-6-20(21)23(25,26)27)18-10-29(13-2-4-14(30)5-3-13)11-19-16(18)8-15(31)9-17(19)22(32)28-33/h1-10,30-31H,11H2. The summed E-state index contributed by atoms with van der Waals surface area (Å²) in [7, 11) is 0. The minimum absolute atomic E-state index is 0.00360. The zero-order valence-electron chi connectivity index (χ0n) is 16.6. The molecule has 4 rings (SSSR count).